The average molecular weight is 299 g/mol. The molecule has 1 aliphatic rings. The van der Waals surface area contributed by atoms with Gasteiger partial charge >= 0.3 is 0 Å². The van der Waals surface area contributed by atoms with Gasteiger partial charge < -0.3 is 4.74 Å². The molecule has 0 aromatic heterocycles. The van der Waals surface area contributed by atoms with Crippen LogP contribution >= 0.6 is 0 Å². The highest BCUT2D eigenvalue weighted by molar-refractivity contribution is 5.35. The molecule has 0 unspecified atom stereocenters. The molecular formula is C19H22FNO. The second-order valence-corrected chi connectivity index (χ2v) is 6.75. The Morgan fingerprint density at radius 2 is 2.00 bits per heavy atom. The van der Waals surface area contributed by atoms with E-state index in [1.54, 1.807) is 12.1 Å². The van der Waals surface area contributed by atoms with Crippen LogP contribution in [0.15, 0.2) is 42.5 Å². The SMILES string of the molecule is Cc1cccc(CN2Cc3cc(F)ccc3OC(C)(C)C2)c1. The minimum Gasteiger partial charge on any atom is -0.486 e. The first kappa shape index (κ1) is 15.0. The van der Waals surface area contributed by atoms with E-state index in [-0.39, 0.29) is 11.4 Å². The number of ether oxygens (including phenoxy) is 1. The van der Waals surface area contributed by atoms with Crippen LogP contribution < -0.4 is 4.74 Å². The monoisotopic (exact) mass is 299 g/mol. The predicted molar refractivity (Wildman–Crippen MR) is 86.4 cm³/mol. The van der Waals surface area contributed by atoms with Gasteiger partial charge in [-0.15, -0.1) is 0 Å². The zero-order chi connectivity index (χ0) is 15.7. The second-order valence-electron chi connectivity index (χ2n) is 6.75. The van der Waals surface area contributed by atoms with E-state index >= 15 is 0 Å². The van der Waals surface area contributed by atoms with Gasteiger partial charge in [-0.3, -0.25) is 4.90 Å². The normalized spacial score (nSPS) is 17.5. The van der Waals surface area contributed by atoms with Crippen molar-refractivity contribution in [1.29, 1.82) is 0 Å². The van der Waals surface area contributed by atoms with Crippen molar-refractivity contribution in [3.63, 3.8) is 0 Å². The number of benzene rings is 2. The Balaban J connectivity index is 1.88. The van der Waals surface area contributed by atoms with Gasteiger partial charge in [0.2, 0.25) is 0 Å². The van der Waals surface area contributed by atoms with Crippen molar-refractivity contribution in [2.75, 3.05) is 6.54 Å². The number of nitrogens with zero attached hydrogens (tertiary/aromatic N) is 1. The summed E-state index contributed by atoms with van der Waals surface area (Å²) < 4.78 is 19.6. The number of halogens is 1. The zero-order valence-electron chi connectivity index (χ0n) is 13.4. The number of hydrogen-bond acceptors (Lipinski definition) is 2. The third-order valence-electron chi connectivity index (χ3n) is 3.90. The minimum atomic E-state index is -0.299. The maximum atomic E-state index is 13.6. The van der Waals surface area contributed by atoms with E-state index in [0.717, 1.165) is 24.4 Å². The molecule has 0 fully saturated rings. The minimum absolute atomic E-state index is 0.211. The summed E-state index contributed by atoms with van der Waals surface area (Å²) in [5, 5.41) is 0. The molecule has 0 radical (unpaired) electrons. The third-order valence-corrected chi connectivity index (χ3v) is 3.90. The highest BCUT2D eigenvalue weighted by Crippen LogP contribution is 2.30. The summed E-state index contributed by atoms with van der Waals surface area (Å²) in [6.45, 7) is 8.60. The number of fused-ring (bicyclic) bond motifs is 1. The predicted octanol–water partition coefficient (Wildman–Crippen LogP) is 4.31. The molecule has 0 bridgehead atoms. The van der Waals surface area contributed by atoms with E-state index in [0.29, 0.717) is 6.54 Å². The van der Waals surface area contributed by atoms with E-state index in [1.807, 2.05) is 0 Å². The third kappa shape index (κ3) is 3.47. The first-order valence-corrected chi connectivity index (χ1v) is 7.67. The lowest BCUT2D eigenvalue weighted by atomic mass is 10.1. The van der Waals surface area contributed by atoms with Gasteiger partial charge in [-0.2, -0.15) is 0 Å². The quantitative estimate of drug-likeness (QED) is 0.819. The van der Waals surface area contributed by atoms with Crippen molar-refractivity contribution < 1.29 is 9.13 Å². The molecule has 2 aromatic carbocycles. The van der Waals surface area contributed by atoms with Crippen molar-refractivity contribution in [3.8, 4) is 5.75 Å². The lowest BCUT2D eigenvalue weighted by molar-refractivity contribution is 0.0682. The summed E-state index contributed by atoms with van der Waals surface area (Å²) in [5.74, 6) is 0.579. The summed E-state index contributed by atoms with van der Waals surface area (Å²) in [5.41, 5.74) is 3.15. The van der Waals surface area contributed by atoms with E-state index in [2.05, 4.69) is 49.9 Å². The maximum Gasteiger partial charge on any atom is 0.124 e. The molecule has 2 aromatic rings. The molecule has 2 nitrogen and oxygen atoms in total. The number of hydrogen-bond donors (Lipinski definition) is 0. The summed E-state index contributed by atoms with van der Waals surface area (Å²) >= 11 is 0. The molecular weight excluding hydrogens is 277 g/mol. The molecule has 0 atom stereocenters. The standard InChI is InChI=1S/C19H22FNO/c1-14-5-4-6-15(9-14)11-21-12-16-10-17(20)7-8-18(16)22-19(2,3)13-21/h4-10H,11-13H2,1-3H3. The highest BCUT2D eigenvalue weighted by Gasteiger charge is 2.29. The molecule has 3 rings (SSSR count). The fraction of sp³-hybridized carbons (Fsp3) is 0.368. The zero-order valence-corrected chi connectivity index (χ0v) is 13.4. The molecule has 0 amide bonds. The van der Waals surface area contributed by atoms with Crippen molar-refractivity contribution >= 4 is 0 Å². The van der Waals surface area contributed by atoms with Gasteiger partial charge in [0.25, 0.3) is 0 Å². The van der Waals surface area contributed by atoms with E-state index < -0.39 is 0 Å². The lowest BCUT2D eigenvalue weighted by Crippen LogP contribution is -2.40. The van der Waals surface area contributed by atoms with Crippen molar-refractivity contribution in [3.05, 3.63) is 65.0 Å². The largest absolute Gasteiger partial charge is 0.486 e. The summed E-state index contributed by atoms with van der Waals surface area (Å²) in [7, 11) is 0. The van der Waals surface area contributed by atoms with Crippen LogP contribution in [0.5, 0.6) is 5.75 Å². The maximum absolute atomic E-state index is 13.6. The Labute approximate surface area is 131 Å². The topological polar surface area (TPSA) is 12.5 Å². The van der Waals surface area contributed by atoms with Crippen LogP contribution in [0.2, 0.25) is 0 Å². The Morgan fingerprint density at radius 1 is 1.18 bits per heavy atom. The fourth-order valence-electron chi connectivity index (χ4n) is 3.12. The van der Waals surface area contributed by atoms with Crippen LogP contribution in [-0.4, -0.2) is 17.0 Å². The van der Waals surface area contributed by atoms with Crippen molar-refractivity contribution in [1.82, 2.24) is 4.90 Å². The Kier molecular flexibility index (Phi) is 3.92. The van der Waals surface area contributed by atoms with Crippen molar-refractivity contribution in [2.45, 2.75) is 39.5 Å². The molecule has 116 valence electrons. The van der Waals surface area contributed by atoms with Crippen LogP contribution in [0.3, 0.4) is 0 Å². The molecule has 1 aliphatic heterocycles. The lowest BCUT2D eigenvalue weighted by Gasteiger charge is -2.29. The first-order valence-electron chi connectivity index (χ1n) is 7.67. The van der Waals surface area contributed by atoms with Gasteiger partial charge in [-0.05, 0) is 44.5 Å². The van der Waals surface area contributed by atoms with Gasteiger partial charge in [0, 0.05) is 25.2 Å². The molecule has 0 saturated heterocycles. The summed E-state index contributed by atoms with van der Waals surface area (Å²) in [6.07, 6.45) is 0. The van der Waals surface area contributed by atoms with Crippen molar-refractivity contribution in [2.24, 2.45) is 0 Å². The molecule has 0 spiro atoms. The molecule has 22 heavy (non-hydrogen) atoms. The molecule has 1 heterocycles. The average Bonchev–Trinajstić information content (AvgIpc) is 2.53. The first-order chi connectivity index (χ1) is 10.4. The fourth-order valence-corrected chi connectivity index (χ4v) is 3.12. The molecule has 0 saturated carbocycles. The van der Waals surface area contributed by atoms with Crippen LogP contribution in [0, 0.1) is 12.7 Å². The Hall–Kier alpha value is -1.87. The molecule has 0 aliphatic carbocycles. The van der Waals surface area contributed by atoms with Crippen LogP contribution in [0.1, 0.15) is 30.5 Å². The van der Waals surface area contributed by atoms with Gasteiger partial charge in [0.05, 0.1) is 0 Å². The van der Waals surface area contributed by atoms with E-state index in [1.165, 1.54) is 17.2 Å². The number of rotatable bonds is 2. The molecule has 0 N–H and O–H groups in total. The summed E-state index contributed by atoms with van der Waals surface area (Å²) in [6, 6.07) is 13.3. The second kappa shape index (κ2) is 5.73. The van der Waals surface area contributed by atoms with Crippen LogP contribution in [-0.2, 0) is 13.1 Å². The van der Waals surface area contributed by atoms with Gasteiger partial charge in [0.1, 0.15) is 17.2 Å². The smallest absolute Gasteiger partial charge is 0.124 e. The van der Waals surface area contributed by atoms with E-state index in [4.69, 9.17) is 4.74 Å². The number of aryl methyl sites for hydroxylation is 1. The Morgan fingerprint density at radius 3 is 2.77 bits per heavy atom. The van der Waals surface area contributed by atoms with Gasteiger partial charge in [0.15, 0.2) is 0 Å². The highest BCUT2D eigenvalue weighted by atomic mass is 19.1. The van der Waals surface area contributed by atoms with Crippen LogP contribution in [0.4, 0.5) is 4.39 Å². The van der Waals surface area contributed by atoms with Gasteiger partial charge in [-0.1, -0.05) is 29.8 Å². The summed E-state index contributed by atoms with van der Waals surface area (Å²) in [4.78, 5) is 2.32. The molecule has 3 heteroatoms. The van der Waals surface area contributed by atoms with Crippen LogP contribution in [0.25, 0.3) is 0 Å². The Bertz CT molecular complexity index is 681. The van der Waals surface area contributed by atoms with Gasteiger partial charge in [-0.25, -0.2) is 4.39 Å². The van der Waals surface area contributed by atoms with E-state index in [9.17, 15) is 4.39 Å².